The number of carbonyl (C=O) groups excluding carboxylic acids is 1. The Morgan fingerprint density at radius 2 is 2.12 bits per heavy atom. The highest BCUT2D eigenvalue weighted by atomic mass is 32.2. The number of nitrogens with two attached hydrogens (primary N) is 2. The van der Waals surface area contributed by atoms with Gasteiger partial charge in [-0.2, -0.15) is 5.26 Å². The van der Waals surface area contributed by atoms with Gasteiger partial charge in [0, 0.05) is 0 Å². The van der Waals surface area contributed by atoms with E-state index in [1.165, 1.54) is 7.11 Å². The summed E-state index contributed by atoms with van der Waals surface area (Å²) in [5.41, 5.74) is 12.0. The second-order valence-corrected chi connectivity index (χ2v) is 5.69. The maximum Gasteiger partial charge on any atom is 0.270 e. The maximum absolute atomic E-state index is 11.8. The predicted molar refractivity (Wildman–Crippen MR) is 90.4 cm³/mol. The van der Waals surface area contributed by atoms with Crippen LogP contribution in [-0.2, 0) is 4.79 Å². The third-order valence-electron chi connectivity index (χ3n) is 3.14. The molecule has 1 unspecified atom stereocenters. The number of thioether (sulfide) groups is 1. The van der Waals surface area contributed by atoms with Crippen LogP contribution < -0.4 is 16.2 Å². The molecule has 2 aromatic rings. The van der Waals surface area contributed by atoms with Crippen LogP contribution in [0.2, 0.25) is 0 Å². The van der Waals surface area contributed by atoms with Gasteiger partial charge < -0.3 is 16.2 Å². The lowest BCUT2D eigenvalue weighted by Gasteiger charge is -2.16. The van der Waals surface area contributed by atoms with Gasteiger partial charge in [-0.3, -0.25) is 4.79 Å². The van der Waals surface area contributed by atoms with Crippen LogP contribution in [0.4, 0.5) is 11.5 Å². The normalized spacial score (nSPS) is 11.1. The number of nitrogens with zero attached hydrogens (tertiary/aromatic N) is 3. The molecule has 0 bridgehead atoms. The molecule has 0 aliphatic heterocycles. The largest absolute Gasteiger partial charge is 0.506 e. The fraction of sp³-hybridized carbons (Fsp3) is 0.125. The number of rotatable bonds is 5. The van der Waals surface area contributed by atoms with Crippen molar-refractivity contribution in [3.8, 4) is 11.8 Å². The van der Waals surface area contributed by atoms with Crippen molar-refractivity contribution in [3.05, 3.63) is 52.9 Å². The molecule has 0 radical (unpaired) electrons. The molecule has 1 aromatic carbocycles. The second-order valence-electron chi connectivity index (χ2n) is 4.59. The van der Waals surface area contributed by atoms with Crippen molar-refractivity contribution in [3.63, 3.8) is 0 Å². The van der Waals surface area contributed by atoms with E-state index >= 15 is 0 Å². The number of hydrogen-bond donors (Lipinski definition) is 2. The van der Waals surface area contributed by atoms with Gasteiger partial charge in [0.1, 0.15) is 27.7 Å². The Morgan fingerprint density at radius 3 is 2.62 bits per heavy atom. The summed E-state index contributed by atoms with van der Waals surface area (Å²) in [5.74, 6) is -0.609. The number of amides is 1. The van der Waals surface area contributed by atoms with Crippen LogP contribution in [0.15, 0.2) is 35.4 Å². The highest BCUT2D eigenvalue weighted by Crippen LogP contribution is 2.43. The minimum absolute atomic E-state index is 0.0336. The van der Waals surface area contributed by atoms with Gasteiger partial charge in [0.25, 0.3) is 5.69 Å². The topological polar surface area (TPSA) is 119 Å². The number of aromatic nitrogens is 1. The van der Waals surface area contributed by atoms with E-state index < -0.39 is 11.2 Å². The summed E-state index contributed by atoms with van der Waals surface area (Å²) in [7, 11) is 1.33. The van der Waals surface area contributed by atoms with Crippen LogP contribution in [0, 0.1) is 17.9 Å². The molecular weight excluding hydrogens is 326 g/mol. The zero-order valence-corrected chi connectivity index (χ0v) is 13.5. The molecule has 0 saturated carbocycles. The highest BCUT2D eigenvalue weighted by Gasteiger charge is 2.26. The number of nitriles is 1. The number of pyridine rings is 1. The molecule has 0 aliphatic carbocycles. The quantitative estimate of drug-likeness (QED) is 0.637. The third kappa shape index (κ3) is 3.24. The van der Waals surface area contributed by atoms with Gasteiger partial charge in [-0.05, 0) is 5.56 Å². The molecular formula is C16H13N5O2S. The minimum atomic E-state index is -0.756. The summed E-state index contributed by atoms with van der Waals surface area (Å²) in [6, 6.07) is 10.8. The Kier molecular flexibility index (Phi) is 5.25. The lowest BCUT2D eigenvalue weighted by atomic mass is 10.1. The van der Waals surface area contributed by atoms with Gasteiger partial charge in [0.2, 0.25) is 5.91 Å². The first kappa shape index (κ1) is 17.1. The van der Waals surface area contributed by atoms with E-state index in [4.69, 9.17) is 22.8 Å². The minimum Gasteiger partial charge on any atom is -0.506 e. The number of carbonyl (C=O) groups is 1. The van der Waals surface area contributed by atoms with Crippen molar-refractivity contribution in [1.82, 2.24) is 4.98 Å². The van der Waals surface area contributed by atoms with E-state index in [9.17, 15) is 10.1 Å². The summed E-state index contributed by atoms with van der Waals surface area (Å²) in [6.07, 6.45) is 0. The van der Waals surface area contributed by atoms with E-state index in [0.29, 0.717) is 5.56 Å². The monoisotopic (exact) mass is 339 g/mol. The number of benzene rings is 1. The first-order valence-corrected chi connectivity index (χ1v) is 7.57. The molecule has 1 heterocycles. The summed E-state index contributed by atoms with van der Waals surface area (Å²) < 4.78 is 5.14. The van der Waals surface area contributed by atoms with Crippen LogP contribution in [0.3, 0.4) is 0 Å². The number of hydrogen-bond acceptors (Lipinski definition) is 6. The van der Waals surface area contributed by atoms with Crippen LogP contribution in [0.25, 0.3) is 4.85 Å². The van der Waals surface area contributed by atoms with Gasteiger partial charge in [0.15, 0.2) is 5.75 Å². The van der Waals surface area contributed by atoms with Gasteiger partial charge in [-0.25, -0.2) is 9.83 Å². The molecule has 0 saturated heterocycles. The van der Waals surface area contributed by atoms with E-state index in [-0.39, 0.29) is 27.8 Å². The van der Waals surface area contributed by atoms with Gasteiger partial charge >= 0.3 is 0 Å². The molecule has 2 rings (SSSR count). The number of methoxy groups -OCH3 is 1. The standard InChI is InChI=1S/C16H13N5O2S/c1-20-11-12(23-2)10(8-17)16(21-14(11)18)24-13(15(19)22)9-6-4-3-5-7-9/h3-7,13H,2H3,(H2,18,21)(H2,19,22). The van der Waals surface area contributed by atoms with Gasteiger partial charge in [-0.15, -0.1) is 0 Å². The fourth-order valence-electron chi connectivity index (χ4n) is 2.07. The molecule has 1 amide bonds. The Morgan fingerprint density at radius 1 is 1.46 bits per heavy atom. The first-order chi connectivity index (χ1) is 11.5. The highest BCUT2D eigenvalue weighted by molar-refractivity contribution is 8.00. The zero-order valence-electron chi connectivity index (χ0n) is 12.7. The molecule has 120 valence electrons. The predicted octanol–water partition coefficient (Wildman–Crippen LogP) is 2.41. The van der Waals surface area contributed by atoms with Crippen molar-refractivity contribution in [2.75, 3.05) is 12.8 Å². The number of anilines is 1. The smallest absolute Gasteiger partial charge is 0.270 e. The van der Waals surface area contributed by atoms with E-state index in [0.717, 1.165) is 11.8 Å². The molecule has 4 N–H and O–H groups in total. The number of primary amides is 1. The van der Waals surface area contributed by atoms with Crippen LogP contribution >= 0.6 is 11.8 Å². The molecule has 0 fully saturated rings. The average molecular weight is 339 g/mol. The van der Waals surface area contributed by atoms with Crippen molar-refractivity contribution in [2.45, 2.75) is 10.3 Å². The lowest BCUT2D eigenvalue weighted by Crippen LogP contribution is -2.19. The molecule has 1 atom stereocenters. The van der Waals surface area contributed by atoms with E-state index in [1.807, 2.05) is 12.1 Å². The molecule has 7 nitrogen and oxygen atoms in total. The SMILES string of the molecule is [C-]#[N+]c1c(N)nc(SC(C(N)=O)c2ccccc2)c(C#N)c1OC. The molecule has 8 heteroatoms. The maximum atomic E-state index is 11.8. The fourth-order valence-corrected chi connectivity index (χ4v) is 3.11. The van der Waals surface area contributed by atoms with Crippen molar-refractivity contribution in [2.24, 2.45) is 5.73 Å². The van der Waals surface area contributed by atoms with Crippen LogP contribution in [0.1, 0.15) is 16.4 Å². The Balaban J connectivity index is 2.56. The molecule has 0 aliphatic rings. The molecule has 24 heavy (non-hydrogen) atoms. The van der Waals surface area contributed by atoms with Crippen LogP contribution in [0.5, 0.6) is 5.75 Å². The Bertz CT molecular complexity index is 855. The van der Waals surface area contributed by atoms with Gasteiger partial charge in [-0.1, -0.05) is 42.1 Å². The van der Waals surface area contributed by atoms with E-state index in [1.54, 1.807) is 24.3 Å². The van der Waals surface area contributed by atoms with Crippen molar-refractivity contribution < 1.29 is 9.53 Å². The van der Waals surface area contributed by atoms with Crippen molar-refractivity contribution in [1.29, 1.82) is 5.26 Å². The summed E-state index contributed by atoms with van der Waals surface area (Å²) in [5, 5.41) is 8.85. The lowest BCUT2D eigenvalue weighted by molar-refractivity contribution is -0.117. The average Bonchev–Trinajstić information content (AvgIpc) is 2.59. The number of ether oxygens (including phenoxy) is 1. The summed E-state index contributed by atoms with van der Waals surface area (Å²) >= 11 is 0.993. The zero-order chi connectivity index (χ0) is 17.7. The number of nitrogen functional groups attached to an aromatic ring is 1. The molecule has 0 spiro atoms. The van der Waals surface area contributed by atoms with Crippen LogP contribution in [-0.4, -0.2) is 18.0 Å². The Hall–Kier alpha value is -3.23. The molecule has 1 aromatic heterocycles. The Labute approximate surface area is 143 Å². The summed E-state index contributed by atoms with van der Waals surface area (Å²) in [4.78, 5) is 19.2. The van der Waals surface area contributed by atoms with Gasteiger partial charge in [0.05, 0.1) is 13.7 Å². The summed E-state index contributed by atoms with van der Waals surface area (Å²) in [6.45, 7) is 7.15. The van der Waals surface area contributed by atoms with E-state index in [2.05, 4.69) is 9.83 Å². The van der Waals surface area contributed by atoms with Crippen molar-refractivity contribution >= 4 is 29.2 Å². The first-order valence-electron chi connectivity index (χ1n) is 6.69. The third-order valence-corrected chi connectivity index (χ3v) is 4.40. The second kappa shape index (κ2) is 7.36.